The molecule has 2 aromatic carbocycles. The molecule has 2 saturated heterocycles. The van der Waals surface area contributed by atoms with Crippen LogP contribution in [0.4, 0.5) is 11.4 Å². The van der Waals surface area contributed by atoms with Crippen LogP contribution in [0, 0.1) is 35.5 Å². The molecule has 0 spiro atoms. The molecule has 2 unspecified atom stereocenters. The molecular formula is C24H18N2O6. The summed E-state index contributed by atoms with van der Waals surface area (Å²) in [5.74, 6) is -5.89. The lowest BCUT2D eigenvalue weighted by atomic mass is 9.54. The largest absolute Gasteiger partial charge is 0.508 e. The first-order valence-corrected chi connectivity index (χ1v) is 10.4. The van der Waals surface area contributed by atoms with E-state index in [4.69, 9.17) is 0 Å². The highest BCUT2D eigenvalue weighted by Gasteiger charge is 2.68. The molecule has 0 radical (unpaired) electrons. The van der Waals surface area contributed by atoms with Gasteiger partial charge in [0.05, 0.1) is 35.0 Å². The van der Waals surface area contributed by atoms with Crippen LogP contribution in [0.25, 0.3) is 0 Å². The first-order chi connectivity index (χ1) is 15.4. The Bertz CT molecular complexity index is 1110. The molecule has 1 saturated carbocycles. The van der Waals surface area contributed by atoms with Crippen LogP contribution in [-0.4, -0.2) is 33.8 Å². The predicted molar refractivity (Wildman–Crippen MR) is 111 cm³/mol. The fraction of sp³-hybridized carbons (Fsp3) is 0.250. The van der Waals surface area contributed by atoms with E-state index in [-0.39, 0.29) is 22.9 Å². The van der Waals surface area contributed by atoms with Crippen molar-refractivity contribution < 1.29 is 29.4 Å². The molecule has 4 amide bonds. The van der Waals surface area contributed by atoms with E-state index < -0.39 is 59.1 Å². The molecule has 6 atom stereocenters. The number of anilines is 2. The Labute approximate surface area is 182 Å². The summed E-state index contributed by atoms with van der Waals surface area (Å²) < 4.78 is 0. The van der Waals surface area contributed by atoms with Gasteiger partial charge in [-0.15, -0.1) is 0 Å². The third-order valence-corrected chi connectivity index (χ3v) is 7.19. The molecule has 8 heteroatoms. The third-order valence-electron chi connectivity index (χ3n) is 7.19. The molecular weight excluding hydrogens is 412 g/mol. The van der Waals surface area contributed by atoms with E-state index in [1.165, 1.54) is 24.3 Å². The van der Waals surface area contributed by atoms with Gasteiger partial charge in [0, 0.05) is 24.0 Å². The normalized spacial score (nSPS) is 32.6. The van der Waals surface area contributed by atoms with Gasteiger partial charge >= 0.3 is 0 Å². The number of rotatable bonds is 2. The summed E-state index contributed by atoms with van der Waals surface area (Å²) in [6.45, 7) is 0. The summed E-state index contributed by atoms with van der Waals surface area (Å²) in [5, 5.41) is 19.6. The Kier molecular flexibility index (Phi) is 3.69. The molecule has 2 aliphatic heterocycles. The molecule has 0 aromatic heterocycles. The molecule has 3 aliphatic carbocycles. The number of carbonyl (C=O) groups excluding carboxylic acids is 4. The number of amides is 4. The van der Waals surface area contributed by atoms with E-state index >= 15 is 0 Å². The molecule has 3 fully saturated rings. The Hall–Kier alpha value is -3.94. The van der Waals surface area contributed by atoms with Crippen LogP contribution < -0.4 is 9.80 Å². The number of carbonyl (C=O) groups is 4. The molecule has 2 bridgehead atoms. The first-order valence-electron chi connectivity index (χ1n) is 10.4. The van der Waals surface area contributed by atoms with Crippen molar-refractivity contribution in [2.45, 2.75) is 0 Å². The van der Waals surface area contributed by atoms with Gasteiger partial charge in [-0.3, -0.25) is 19.2 Å². The number of phenols is 2. The summed E-state index contributed by atoms with van der Waals surface area (Å²) in [4.78, 5) is 55.6. The highest BCUT2D eigenvalue weighted by atomic mass is 16.3. The van der Waals surface area contributed by atoms with Gasteiger partial charge in [-0.2, -0.15) is 0 Å². The van der Waals surface area contributed by atoms with Gasteiger partial charge in [-0.1, -0.05) is 24.3 Å². The van der Waals surface area contributed by atoms with Crippen molar-refractivity contribution in [2.75, 3.05) is 9.80 Å². The number of benzene rings is 2. The van der Waals surface area contributed by atoms with Gasteiger partial charge < -0.3 is 10.2 Å². The Morgan fingerprint density at radius 3 is 1.22 bits per heavy atom. The number of imide groups is 2. The minimum atomic E-state index is -0.734. The molecule has 8 nitrogen and oxygen atoms in total. The first kappa shape index (κ1) is 18.8. The lowest BCUT2D eigenvalue weighted by Gasteiger charge is -2.44. The van der Waals surface area contributed by atoms with Gasteiger partial charge in [0.2, 0.25) is 23.6 Å². The monoisotopic (exact) mass is 430 g/mol. The smallest absolute Gasteiger partial charge is 0.238 e. The van der Waals surface area contributed by atoms with E-state index in [9.17, 15) is 29.4 Å². The standard InChI is InChI=1S/C24H18N2O6/c27-13-5-1-3-11(9-13)25-21(29)17-15-7-8-16(18(17)22(25)30)20-19(15)23(31)26(24(20)32)12-4-2-6-14(28)10-12/h1-10,15-20,27-28H/t15?,16?,17-,18-,19+,20+. The maximum atomic E-state index is 13.4. The maximum absolute atomic E-state index is 13.4. The maximum Gasteiger partial charge on any atom is 0.238 e. The molecule has 7 rings (SSSR count). The Morgan fingerprint density at radius 2 is 0.906 bits per heavy atom. The molecule has 2 aromatic rings. The van der Waals surface area contributed by atoms with Crippen LogP contribution in [0.1, 0.15) is 0 Å². The fourth-order valence-electron chi connectivity index (χ4n) is 6.00. The highest BCUT2D eigenvalue weighted by molar-refractivity contribution is 6.26. The SMILES string of the molecule is O=C1[C@@H]2C3C=CC([C@H]2C(=O)N1c1cccc(O)c1)[C@@H]1C(=O)N(c2cccc(O)c2)C(=O)[C@@H]31. The number of aromatic hydroxyl groups is 2. The number of hydrogen-bond donors (Lipinski definition) is 2. The molecule has 32 heavy (non-hydrogen) atoms. The van der Waals surface area contributed by atoms with Gasteiger partial charge in [0.15, 0.2) is 0 Å². The quantitative estimate of drug-likeness (QED) is 0.555. The number of allylic oxidation sites excluding steroid dienone is 2. The molecule has 5 aliphatic rings. The summed E-state index contributed by atoms with van der Waals surface area (Å²) in [7, 11) is 0. The summed E-state index contributed by atoms with van der Waals surface area (Å²) in [6.07, 6.45) is 3.59. The molecule has 2 heterocycles. The van der Waals surface area contributed by atoms with Gasteiger partial charge in [0.25, 0.3) is 0 Å². The van der Waals surface area contributed by atoms with Crippen molar-refractivity contribution in [1.82, 2.24) is 0 Å². The molecule has 2 N–H and O–H groups in total. The van der Waals surface area contributed by atoms with E-state index in [0.717, 1.165) is 9.80 Å². The second-order valence-corrected chi connectivity index (χ2v) is 8.71. The fourth-order valence-corrected chi connectivity index (χ4v) is 6.00. The van der Waals surface area contributed by atoms with Crippen molar-refractivity contribution in [3.63, 3.8) is 0 Å². The lowest BCUT2D eigenvalue weighted by Crippen LogP contribution is -2.50. The van der Waals surface area contributed by atoms with Gasteiger partial charge in [0.1, 0.15) is 11.5 Å². The minimum absolute atomic E-state index is 0.0666. The van der Waals surface area contributed by atoms with Crippen LogP contribution in [0.15, 0.2) is 60.7 Å². The average molecular weight is 430 g/mol. The number of nitrogens with zero attached hydrogens (tertiary/aromatic N) is 2. The van der Waals surface area contributed by atoms with Crippen molar-refractivity contribution in [3.8, 4) is 11.5 Å². The summed E-state index contributed by atoms with van der Waals surface area (Å²) >= 11 is 0. The van der Waals surface area contributed by atoms with E-state index in [1.54, 1.807) is 36.4 Å². The van der Waals surface area contributed by atoms with Crippen LogP contribution in [0.2, 0.25) is 0 Å². The number of hydrogen-bond acceptors (Lipinski definition) is 6. The van der Waals surface area contributed by atoms with Crippen LogP contribution in [0.5, 0.6) is 11.5 Å². The van der Waals surface area contributed by atoms with Crippen LogP contribution >= 0.6 is 0 Å². The summed E-state index contributed by atoms with van der Waals surface area (Å²) in [5.41, 5.74) is 0.552. The highest BCUT2D eigenvalue weighted by Crippen LogP contribution is 2.58. The van der Waals surface area contributed by atoms with Crippen molar-refractivity contribution in [1.29, 1.82) is 0 Å². The average Bonchev–Trinajstić information content (AvgIpc) is 3.21. The van der Waals surface area contributed by atoms with Crippen LogP contribution in [-0.2, 0) is 19.2 Å². The Balaban J connectivity index is 1.41. The molecule has 160 valence electrons. The third kappa shape index (κ3) is 2.26. The summed E-state index contributed by atoms with van der Waals surface area (Å²) in [6, 6.07) is 11.8. The van der Waals surface area contributed by atoms with Gasteiger partial charge in [-0.05, 0) is 24.3 Å². The zero-order chi connectivity index (χ0) is 22.3. The van der Waals surface area contributed by atoms with E-state index in [1.807, 2.05) is 0 Å². The topological polar surface area (TPSA) is 115 Å². The zero-order valence-corrected chi connectivity index (χ0v) is 16.7. The van der Waals surface area contributed by atoms with E-state index in [0.29, 0.717) is 0 Å². The number of phenolic OH excluding ortho intramolecular Hbond substituents is 2. The minimum Gasteiger partial charge on any atom is -0.508 e. The van der Waals surface area contributed by atoms with E-state index in [2.05, 4.69) is 0 Å². The Morgan fingerprint density at radius 1 is 0.562 bits per heavy atom. The van der Waals surface area contributed by atoms with Crippen molar-refractivity contribution in [2.24, 2.45) is 35.5 Å². The van der Waals surface area contributed by atoms with Crippen LogP contribution in [0.3, 0.4) is 0 Å². The zero-order valence-electron chi connectivity index (χ0n) is 16.7. The van der Waals surface area contributed by atoms with Crippen molar-refractivity contribution in [3.05, 3.63) is 60.7 Å². The predicted octanol–water partition coefficient (Wildman–Crippen LogP) is 1.82. The second-order valence-electron chi connectivity index (χ2n) is 8.71. The van der Waals surface area contributed by atoms with Crippen molar-refractivity contribution >= 4 is 35.0 Å². The second kappa shape index (κ2) is 6.29. The lowest BCUT2D eigenvalue weighted by molar-refractivity contribution is -0.137. The van der Waals surface area contributed by atoms with Gasteiger partial charge in [-0.25, -0.2) is 9.80 Å².